The summed E-state index contributed by atoms with van der Waals surface area (Å²) >= 11 is 0. The third-order valence-corrected chi connectivity index (χ3v) is 3.89. The molecule has 2 aromatic rings. The normalized spacial score (nSPS) is 10.4. The van der Waals surface area contributed by atoms with Gasteiger partial charge in [0.25, 0.3) is 0 Å². The third kappa shape index (κ3) is 5.48. The molecular weight excluding hydrogens is 358 g/mol. The number of hydrogen-bond donors (Lipinski definition) is 1. The van der Waals surface area contributed by atoms with Gasteiger partial charge in [-0.25, -0.2) is 4.79 Å². The molecule has 2 rings (SSSR count). The molecule has 2 aromatic carbocycles. The van der Waals surface area contributed by atoms with E-state index in [2.05, 4.69) is 11.9 Å². The smallest absolute Gasteiger partial charge is 0.337 e. The van der Waals surface area contributed by atoms with E-state index in [1.807, 2.05) is 13.0 Å². The topological polar surface area (TPSA) is 73.9 Å². The summed E-state index contributed by atoms with van der Waals surface area (Å²) in [7, 11) is 2.86. The van der Waals surface area contributed by atoms with Crippen molar-refractivity contribution in [1.82, 2.24) is 0 Å². The first kappa shape index (κ1) is 20.8. The molecular formula is C22H23NO5. The quantitative estimate of drug-likeness (QED) is 0.425. The maximum absolute atomic E-state index is 12.3. The Labute approximate surface area is 164 Å². The highest BCUT2D eigenvalue weighted by Gasteiger charge is 2.09. The maximum atomic E-state index is 12.3. The van der Waals surface area contributed by atoms with Gasteiger partial charge in [-0.3, -0.25) is 4.79 Å². The highest BCUT2D eigenvalue weighted by molar-refractivity contribution is 6.03. The number of carbonyl (C=O) groups excluding carboxylic acids is 2. The van der Waals surface area contributed by atoms with Gasteiger partial charge in [0.2, 0.25) is 5.91 Å². The number of ether oxygens (including phenoxy) is 3. The van der Waals surface area contributed by atoms with E-state index >= 15 is 0 Å². The minimum atomic E-state index is -0.461. The minimum absolute atomic E-state index is 0.323. The van der Waals surface area contributed by atoms with Crippen LogP contribution >= 0.6 is 0 Å². The van der Waals surface area contributed by atoms with Crippen LogP contribution < -0.4 is 14.8 Å². The second-order valence-corrected chi connectivity index (χ2v) is 5.85. The number of carbonyl (C=O) groups is 2. The van der Waals surface area contributed by atoms with Crippen molar-refractivity contribution < 1.29 is 23.8 Å². The zero-order chi connectivity index (χ0) is 20.5. The number of aryl methyl sites for hydroxylation is 1. The largest absolute Gasteiger partial charge is 0.493 e. The van der Waals surface area contributed by atoms with Gasteiger partial charge in [0.15, 0.2) is 11.5 Å². The van der Waals surface area contributed by atoms with Gasteiger partial charge in [-0.1, -0.05) is 24.8 Å². The van der Waals surface area contributed by atoms with E-state index in [0.29, 0.717) is 29.4 Å². The van der Waals surface area contributed by atoms with Crippen molar-refractivity contribution in [3.05, 3.63) is 71.8 Å². The van der Waals surface area contributed by atoms with E-state index in [1.54, 1.807) is 49.6 Å². The van der Waals surface area contributed by atoms with Gasteiger partial charge in [-0.05, 0) is 48.4 Å². The molecule has 0 spiro atoms. The lowest BCUT2D eigenvalue weighted by Crippen LogP contribution is -2.10. The lowest BCUT2D eigenvalue weighted by Gasteiger charge is -2.10. The summed E-state index contributed by atoms with van der Waals surface area (Å²) in [5, 5.41) is 2.77. The number of nitrogens with one attached hydrogen (secondary N) is 1. The summed E-state index contributed by atoms with van der Waals surface area (Å²) in [6, 6.07) is 10.3. The molecule has 1 amide bonds. The van der Waals surface area contributed by atoms with E-state index < -0.39 is 5.97 Å². The van der Waals surface area contributed by atoms with Crippen LogP contribution in [0.3, 0.4) is 0 Å². The monoisotopic (exact) mass is 381 g/mol. The van der Waals surface area contributed by atoms with E-state index in [1.165, 1.54) is 13.2 Å². The van der Waals surface area contributed by atoms with Crippen LogP contribution in [0.4, 0.5) is 5.69 Å². The molecule has 0 atom stereocenters. The first-order valence-electron chi connectivity index (χ1n) is 8.58. The lowest BCUT2D eigenvalue weighted by molar-refractivity contribution is -0.111. The van der Waals surface area contributed by atoms with Crippen molar-refractivity contribution in [2.24, 2.45) is 0 Å². The van der Waals surface area contributed by atoms with Crippen molar-refractivity contribution in [3.63, 3.8) is 0 Å². The predicted molar refractivity (Wildman–Crippen MR) is 109 cm³/mol. The van der Waals surface area contributed by atoms with Crippen LogP contribution in [-0.4, -0.2) is 32.7 Å². The van der Waals surface area contributed by atoms with E-state index in [9.17, 15) is 9.59 Å². The van der Waals surface area contributed by atoms with Gasteiger partial charge in [-0.2, -0.15) is 0 Å². The second kappa shape index (κ2) is 9.97. The molecule has 0 heterocycles. The minimum Gasteiger partial charge on any atom is -0.493 e. The third-order valence-electron chi connectivity index (χ3n) is 3.89. The molecule has 0 bridgehead atoms. The van der Waals surface area contributed by atoms with Crippen LogP contribution in [0.1, 0.15) is 21.5 Å². The fourth-order valence-corrected chi connectivity index (χ4v) is 2.40. The van der Waals surface area contributed by atoms with Crippen molar-refractivity contribution in [1.29, 1.82) is 0 Å². The summed E-state index contributed by atoms with van der Waals surface area (Å²) in [5.74, 6) is 0.373. The zero-order valence-electron chi connectivity index (χ0n) is 16.2. The summed E-state index contributed by atoms with van der Waals surface area (Å²) < 4.78 is 15.5. The highest BCUT2D eigenvalue weighted by Crippen LogP contribution is 2.28. The fourth-order valence-electron chi connectivity index (χ4n) is 2.40. The van der Waals surface area contributed by atoms with E-state index in [-0.39, 0.29) is 5.91 Å². The lowest BCUT2D eigenvalue weighted by atomic mass is 10.1. The summed E-state index contributed by atoms with van der Waals surface area (Å²) in [4.78, 5) is 23.9. The molecule has 6 heteroatoms. The predicted octanol–water partition coefficient (Wildman–Crippen LogP) is 4.01. The summed E-state index contributed by atoms with van der Waals surface area (Å²) in [6.45, 7) is 5.82. The van der Waals surface area contributed by atoms with Gasteiger partial charge in [0.1, 0.15) is 6.61 Å². The molecule has 146 valence electrons. The van der Waals surface area contributed by atoms with Gasteiger partial charge >= 0.3 is 5.97 Å². The number of methoxy groups -OCH3 is 2. The van der Waals surface area contributed by atoms with Crippen LogP contribution in [0.2, 0.25) is 0 Å². The first-order chi connectivity index (χ1) is 13.5. The molecule has 0 aliphatic rings. The Hall–Kier alpha value is -3.54. The average Bonchev–Trinajstić information content (AvgIpc) is 2.71. The van der Waals surface area contributed by atoms with Gasteiger partial charge in [-0.15, -0.1) is 0 Å². The SMILES string of the molecule is C=CCOc1ccc(/C=C/C(=O)Nc2cc(C(=O)OC)ccc2C)cc1OC. The van der Waals surface area contributed by atoms with Gasteiger partial charge in [0.05, 0.1) is 19.8 Å². The molecule has 0 aromatic heterocycles. The number of rotatable bonds is 8. The Morgan fingerprint density at radius 1 is 1.11 bits per heavy atom. The molecule has 0 radical (unpaired) electrons. The van der Waals surface area contributed by atoms with Gasteiger partial charge < -0.3 is 19.5 Å². The molecule has 1 N–H and O–H groups in total. The fraction of sp³-hybridized carbons (Fsp3) is 0.182. The van der Waals surface area contributed by atoms with Crippen LogP contribution in [0.15, 0.2) is 55.1 Å². The van der Waals surface area contributed by atoms with Crippen LogP contribution in [-0.2, 0) is 9.53 Å². The summed E-state index contributed by atoms with van der Waals surface area (Å²) in [5.41, 5.74) is 2.52. The molecule has 28 heavy (non-hydrogen) atoms. The number of hydrogen-bond acceptors (Lipinski definition) is 5. The zero-order valence-corrected chi connectivity index (χ0v) is 16.2. The number of esters is 1. The first-order valence-corrected chi connectivity index (χ1v) is 8.58. The Balaban J connectivity index is 2.11. The Morgan fingerprint density at radius 3 is 2.57 bits per heavy atom. The number of benzene rings is 2. The summed E-state index contributed by atoms with van der Waals surface area (Å²) in [6.07, 6.45) is 4.71. The van der Waals surface area contributed by atoms with Crippen molar-refractivity contribution >= 4 is 23.6 Å². The number of anilines is 1. The maximum Gasteiger partial charge on any atom is 0.337 e. The molecule has 0 saturated heterocycles. The Morgan fingerprint density at radius 2 is 1.89 bits per heavy atom. The van der Waals surface area contributed by atoms with Crippen LogP contribution in [0, 0.1) is 6.92 Å². The van der Waals surface area contributed by atoms with Crippen LogP contribution in [0.25, 0.3) is 6.08 Å². The highest BCUT2D eigenvalue weighted by atomic mass is 16.5. The molecule has 0 fully saturated rings. The average molecular weight is 381 g/mol. The van der Waals surface area contributed by atoms with E-state index in [0.717, 1.165) is 11.1 Å². The van der Waals surface area contributed by atoms with Crippen molar-refractivity contribution in [3.8, 4) is 11.5 Å². The van der Waals surface area contributed by atoms with Crippen molar-refractivity contribution in [2.45, 2.75) is 6.92 Å². The molecule has 0 aliphatic carbocycles. The Kier molecular flexibility index (Phi) is 7.39. The molecule has 0 unspecified atom stereocenters. The van der Waals surface area contributed by atoms with Crippen LogP contribution in [0.5, 0.6) is 11.5 Å². The van der Waals surface area contributed by atoms with Gasteiger partial charge in [0, 0.05) is 11.8 Å². The molecule has 0 aliphatic heterocycles. The standard InChI is InChI=1S/C22H23NO5/c1-5-12-28-19-10-7-16(13-20(19)26-3)8-11-21(24)23-18-14-17(22(25)27-4)9-6-15(18)2/h5-11,13-14H,1,12H2,2-4H3,(H,23,24)/b11-8+. The number of amides is 1. The Bertz CT molecular complexity index is 902. The second-order valence-electron chi connectivity index (χ2n) is 5.85. The van der Waals surface area contributed by atoms with Crippen molar-refractivity contribution in [2.75, 3.05) is 26.1 Å². The molecule has 0 saturated carbocycles. The van der Waals surface area contributed by atoms with E-state index in [4.69, 9.17) is 14.2 Å². The molecule has 6 nitrogen and oxygen atoms in total.